The van der Waals surface area contributed by atoms with Gasteiger partial charge in [-0.25, -0.2) is 4.79 Å². The lowest BCUT2D eigenvalue weighted by molar-refractivity contribution is -0.0493. The molecular weight excluding hydrogens is 391 g/mol. The molecule has 0 unspecified atom stereocenters. The number of nitrogens with one attached hydrogen (secondary N) is 1. The van der Waals surface area contributed by atoms with E-state index in [1.54, 1.807) is 29.7 Å². The Labute approximate surface area is 152 Å². The van der Waals surface area contributed by atoms with Gasteiger partial charge >= 0.3 is 5.69 Å². The minimum Gasteiger partial charge on any atom is -0.388 e. The molecule has 1 aromatic heterocycles. The van der Waals surface area contributed by atoms with E-state index in [2.05, 4.69) is 4.98 Å². The summed E-state index contributed by atoms with van der Waals surface area (Å²) in [5, 5.41) is 10.5. The van der Waals surface area contributed by atoms with Crippen LogP contribution in [-0.2, 0) is 21.1 Å². The number of aromatic amines is 1. The maximum atomic E-state index is 12.0. The minimum atomic E-state index is -1.90. The summed E-state index contributed by atoms with van der Waals surface area (Å²) >= 11 is 8.92. The van der Waals surface area contributed by atoms with Crippen LogP contribution in [-0.4, -0.2) is 45.0 Å². The van der Waals surface area contributed by atoms with Crippen molar-refractivity contribution in [1.82, 2.24) is 9.55 Å². The Hall–Kier alpha value is -0.0900. The maximum absolute atomic E-state index is 12.0. The van der Waals surface area contributed by atoms with Crippen molar-refractivity contribution in [3.05, 3.63) is 32.6 Å². The van der Waals surface area contributed by atoms with E-state index in [1.165, 1.54) is 10.8 Å². The third kappa shape index (κ3) is 3.70. The van der Waals surface area contributed by atoms with Crippen molar-refractivity contribution in [2.24, 2.45) is 5.92 Å². The fraction of sp³-hybridized carbons (Fsp3) is 0.692. The van der Waals surface area contributed by atoms with Gasteiger partial charge in [-0.15, -0.1) is 0 Å². The Morgan fingerprint density at radius 2 is 2.17 bits per heavy atom. The van der Waals surface area contributed by atoms with E-state index in [1.807, 2.05) is 6.92 Å². The summed E-state index contributed by atoms with van der Waals surface area (Å²) in [4.78, 5) is 25.7. The molecule has 2 saturated heterocycles. The van der Waals surface area contributed by atoms with Crippen LogP contribution in [0.15, 0.2) is 15.8 Å². The number of nitrogens with zero attached hydrogens (tertiary/aromatic N) is 1. The molecule has 3 rings (SSSR count). The second-order valence-electron chi connectivity index (χ2n) is 5.80. The molecule has 11 heteroatoms. The van der Waals surface area contributed by atoms with E-state index in [4.69, 9.17) is 21.1 Å². The summed E-state index contributed by atoms with van der Waals surface area (Å²) < 4.78 is 11.1. The lowest BCUT2D eigenvalue weighted by Gasteiger charge is -2.20. The van der Waals surface area contributed by atoms with Gasteiger partial charge in [-0.1, -0.05) is 29.7 Å². The van der Waals surface area contributed by atoms with E-state index < -0.39 is 28.2 Å². The highest BCUT2D eigenvalue weighted by molar-refractivity contribution is 9.00. The van der Waals surface area contributed by atoms with Gasteiger partial charge in [0.05, 0.1) is 12.7 Å². The third-order valence-electron chi connectivity index (χ3n) is 4.13. The van der Waals surface area contributed by atoms with Gasteiger partial charge in [0.15, 0.2) is 10.9 Å². The van der Waals surface area contributed by atoms with Crippen LogP contribution in [0.25, 0.3) is 0 Å². The number of hydrogen-bond acceptors (Lipinski definition) is 8. The van der Waals surface area contributed by atoms with E-state index in [9.17, 15) is 14.7 Å². The number of rotatable bonds is 4. The molecule has 3 heterocycles. The normalized spacial score (nSPS) is 32.3. The number of aliphatic hydroxyl groups is 1. The number of ether oxygens (including phenoxy) is 1. The summed E-state index contributed by atoms with van der Waals surface area (Å²) in [6.45, 7) is 3.74. The fourth-order valence-electron chi connectivity index (χ4n) is 2.63. The van der Waals surface area contributed by atoms with Gasteiger partial charge in [-0.05, 0) is 18.7 Å². The van der Waals surface area contributed by atoms with Gasteiger partial charge in [-0.2, -0.15) is 0 Å². The van der Waals surface area contributed by atoms with Gasteiger partial charge < -0.3 is 14.4 Å². The Morgan fingerprint density at radius 3 is 2.83 bits per heavy atom. The van der Waals surface area contributed by atoms with Crippen LogP contribution < -0.4 is 11.2 Å². The van der Waals surface area contributed by atoms with Crippen LogP contribution in [0.3, 0.4) is 0 Å². The quantitative estimate of drug-likeness (QED) is 0.721. The largest absolute Gasteiger partial charge is 0.388 e. The SMILES string of the molecule is Cc1cn([C@@H]2O[C@H](COP3(=S)SCCS3)[C@@H](C)[C@H]2O)c(=O)[nH]c1=O. The molecule has 0 saturated carbocycles. The summed E-state index contributed by atoms with van der Waals surface area (Å²) in [5.41, 5.74) is -0.658. The molecule has 7 nitrogen and oxygen atoms in total. The van der Waals surface area contributed by atoms with Crippen LogP contribution in [0, 0.1) is 12.8 Å². The van der Waals surface area contributed by atoms with Crippen molar-refractivity contribution < 1.29 is 14.4 Å². The molecule has 24 heavy (non-hydrogen) atoms. The van der Waals surface area contributed by atoms with Gasteiger partial charge in [0.1, 0.15) is 6.10 Å². The van der Waals surface area contributed by atoms with Gasteiger partial charge in [0, 0.05) is 29.2 Å². The molecule has 2 aliphatic rings. The molecule has 134 valence electrons. The zero-order chi connectivity index (χ0) is 17.5. The third-order valence-corrected chi connectivity index (χ3v) is 14.0. The lowest BCUT2D eigenvalue weighted by atomic mass is 10.0. The highest BCUT2D eigenvalue weighted by Gasteiger charge is 2.43. The van der Waals surface area contributed by atoms with Gasteiger partial charge in [0.25, 0.3) is 5.56 Å². The van der Waals surface area contributed by atoms with Crippen molar-refractivity contribution in [3.8, 4) is 0 Å². The molecule has 0 amide bonds. The van der Waals surface area contributed by atoms with E-state index in [-0.39, 0.29) is 12.0 Å². The van der Waals surface area contributed by atoms with Crippen molar-refractivity contribution in [2.45, 2.75) is 32.3 Å². The second kappa shape index (κ2) is 7.26. The Morgan fingerprint density at radius 1 is 1.50 bits per heavy atom. The molecular formula is C13H19N2O5PS3. The highest BCUT2D eigenvalue weighted by Crippen LogP contribution is 2.74. The molecule has 4 atom stereocenters. The topological polar surface area (TPSA) is 93.6 Å². The number of aliphatic hydroxyl groups excluding tert-OH is 1. The molecule has 2 N–H and O–H groups in total. The minimum absolute atomic E-state index is 0.215. The molecule has 0 aliphatic carbocycles. The van der Waals surface area contributed by atoms with Crippen molar-refractivity contribution in [2.75, 3.05) is 18.1 Å². The first-order valence-electron chi connectivity index (χ1n) is 7.50. The first kappa shape index (κ1) is 18.7. The first-order chi connectivity index (χ1) is 11.3. The zero-order valence-corrected chi connectivity index (χ0v) is 16.6. The summed E-state index contributed by atoms with van der Waals surface area (Å²) in [5.74, 6) is 1.79. The van der Waals surface area contributed by atoms with Crippen LogP contribution >= 0.6 is 27.4 Å². The number of H-pyrrole nitrogens is 1. The Bertz CT molecular complexity index is 772. The molecule has 2 aliphatic heterocycles. The molecule has 2 fully saturated rings. The van der Waals surface area contributed by atoms with Crippen LogP contribution in [0.2, 0.25) is 0 Å². The van der Waals surface area contributed by atoms with Crippen molar-refractivity contribution in [1.29, 1.82) is 0 Å². The predicted octanol–water partition coefficient (Wildman–Crippen LogP) is 1.46. The van der Waals surface area contributed by atoms with Gasteiger partial charge in [0.2, 0.25) is 0 Å². The molecule has 0 bridgehead atoms. The van der Waals surface area contributed by atoms with Crippen molar-refractivity contribution >= 4 is 39.2 Å². The summed E-state index contributed by atoms with van der Waals surface area (Å²) in [7, 11) is 0. The zero-order valence-electron chi connectivity index (χ0n) is 13.2. The number of aryl methyl sites for hydroxylation is 1. The van der Waals surface area contributed by atoms with Crippen LogP contribution in [0.1, 0.15) is 18.7 Å². The average molecular weight is 410 g/mol. The summed E-state index contributed by atoms with van der Waals surface area (Å²) in [6.07, 6.45) is -0.662. The van der Waals surface area contributed by atoms with Gasteiger partial charge in [-0.3, -0.25) is 14.3 Å². The van der Waals surface area contributed by atoms with E-state index in [0.29, 0.717) is 12.2 Å². The van der Waals surface area contributed by atoms with E-state index >= 15 is 0 Å². The molecule has 0 radical (unpaired) electrons. The smallest absolute Gasteiger partial charge is 0.330 e. The van der Waals surface area contributed by atoms with Crippen LogP contribution in [0.4, 0.5) is 0 Å². The van der Waals surface area contributed by atoms with Crippen molar-refractivity contribution in [3.63, 3.8) is 0 Å². The maximum Gasteiger partial charge on any atom is 0.330 e. The standard InChI is InChI=1S/C13H19N2O5PS3/c1-7-5-15(13(18)14-11(7)17)12-10(16)8(2)9(20-12)6-19-21(22)23-3-4-24-21/h5,8-10,12,16H,3-4,6H2,1-2H3,(H,14,17,18)/t8-,9-,10-,12-/m1/s1. The summed E-state index contributed by atoms with van der Waals surface area (Å²) in [6, 6.07) is 0. The molecule has 1 aromatic rings. The fourth-order valence-corrected chi connectivity index (χ4v) is 11.5. The molecule has 0 spiro atoms. The number of hydrogen-bond donors (Lipinski definition) is 2. The average Bonchev–Trinajstić information content (AvgIpc) is 3.08. The first-order valence-corrected chi connectivity index (χ1v) is 13.4. The Balaban J connectivity index is 1.75. The number of aromatic nitrogens is 2. The molecule has 0 aromatic carbocycles. The highest BCUT2D eigenvalue weighted by atomic mass is 33.2. The lowest BCUT2D eigenvalue weighted by Crippen LogP contribution is -2.37. The predicted molar refractivity (Wildman–Crippen MR) is 100 cm³/mol. The Kier molecular flexibility index (Phi) is 5.66. The van der Waals surface area contributed by atoms with E-state index in [0.717, 1.165) is 11.5 Å². The van der Waals surface area contributed by atoms with Crippen LogP contribution in [0.5, 0.6) is 0 Å². The second-order valence-corrected chi connectivity index (χ2v) is 16.5. The monoisotopic (exact) mass is 410 g/mol.